The molecule has 72 valence electrons. The van der Waals surface area contributed by atoms with E-state index in [1.54, 1.807) is 13.1 Å². The number of carbonyl (C=O) groups is 1. The van der Waals surface area contributed by atoms with Gasteiger partial charge in [-0.1, -0.05) is 0 Å². The second kappa shape index (κ2) is 3.57. The summed E-state index contributed by atoms with van der Waals surface area (Å²) < 4.78 is 6.38. The van der Waals surface area contributed by atoms with Crippen LogP contribution in [0.4, 0.5) is 0 Å². The van der Waals surface area contributed by atoms with Crippen molar-refractivity contribution >= 4 is 5.97 Å². The molecule has 0 aliphatic carbocycles. The fourth-order valence-electron chi connectivity index (χ4n) is 1.08. The summed E-state index contributed by atoms with van der Waals surface area (Å²) >= 11 is 0. The minimum Gasteiger partial charge on any atom is -0.479 e. The molecule has 1 atom stereocenters. The molecular weight excluding hydrogens is 172 g/mol. The van der Waals surface area contributed by atoms with Crippen LogP contribution in [-0.2, 0) is 15.1 Å². The summed E-state index contributed by atoms with van der Waals surface area (Å²) in [4.78, 5) is 14.8. The van der Waals surface area contributed by atoms with Gasteiger partial charge in [0.15, 0.2) is 5.54 Å². The molecule has 1 rings (SSSR count). The molecule has 0 radical (unpaired) electrons. The van der Waals surface area contributed by atoms with Gasteiger partial charge < -0.3 is 14.4 Å². The van der Waals surface area contributed by atoms with E-state index in [-0.39, 0.29) is 6.61 Å². The van der Waals surface area contributed by atoms with Crippen molar-refractivity contribution in [2.75, 3.05) is 13.7 Å². The largest absolute Gasteiger partial charge is 0.479 e. The van der Waals surface area contributed by atoms with Gasteiger partial charge in [-0.15, -0.1) is 0 Å². The number of nitrogens with zero attached hydrogens (tertiary/aromatic N) is 2. The van der Waals surface area contributed by atoms with Crippen LogP contribution in [0.15, 0.2) is 18.7 Å². The number of hydrogen-bond donors (Lipinski definition) is 1. The molecule has 5 nitrogen and oxygen atoms in total. The molecule has 0 fully saturated rings. The Balaban J connectivity index is 2.98. The third-order valence-corrected chi connectivity index (χ3v) is 1.96. The molecule has 0 spiro atoms. The normalized spacial score (nSPS) is 15.2. The first kappa shape index (κ1) is 9.73. The van der Waals surface area contributed by atoms with E-state index in [1.165, 1.54) is 24.2 Å². The second-order valence-electron chi connectivity index (χ2n) is 2.98. The third-order valence-electron chi connectivity index (χ3n) is 1.96. The molecule has 0 saturated heterocycles. The molecule has 0 aliphatic rings. The summed E-state index contributed by atoms with van der Waals surface area (Å²) in [6, 6.07) is 0. The number of aromatic nitrogens is 2. The molecule has 0 saturated carbocycles. The van der Waals surface area contributed by atoms with Gasteiger partial charge in [0.05, 0.1) is 12.9 Å². The lowest BCUT2D eigenvalue weighted by Crippen LogP contribution is -2.42. The highest BCUT2D eigenvalue weighted by Crippen LogP contribution is 2.15. The molecular formula is C8H12N2O3. The Hall–Kier alpha value is -1.36. The molecule has 0 aromatic carbocycles. The highest BCUT2D eigenvalue weighted by Gasteiger charge is 2.34. The fourth-order valence-corrected chi connectivity index (χ4v) is 1.08. The average molecular weight is 184 g/mol. The van der Waals surface area contributed by atoms with E-state index >= 15 is 0 Å². The van der Waals surface area contributed by atoms with E-state index in [2.05, 4.69) is 4.98 Å². The van der Waals surface area contributed by atoms with E-state index in [0.717, 1.165) is 0 Å². The first-order valence-electron chi connectivity index (χ1n) is 3.82. The summed E-state index contributed by atoms with van der Waals surface area (Å²) in [6.45, 7) is 1.69. The average Bonchev–Trinajstić information content (AvgIpc) is 2.56. The Morgan fingerprint density at radius 2 is 2.46 bits per heavy atom. The van der Waals surface area contributed by atoms with Crippen LogP contribution in [-0.4, -0.2) is 34.3 Å². The number of methoxy groups -OCH3 is 1. The molecule has 0 aliphatic heterocycles. The topological polar surface area (TPSA) is 64.3 Å². The maximum Gasteiger partial charge on any atom is 0.332 e. The van der Waals surface area contributed by atoms with E-state index in [9.17, 15) is 4.79 Å². The monoisotopic (exact) mass is 184 g/mol. The van der Waals surface area contributed by atoms with Crippen LogP contribution >= 0.6 is 0 Å². The Kier molecular flexibility index (Phi) is 2.67. The minimum absolute atomic E-state index is 0.110. The van der Waals surface area contributed by atoms with Crippen molar-refractivity contribution in [2.24, 2.45) is 0 Å². The van der Waals surface area contributed by atoms with Gasteiger partial charge >= 0.3 is 5.97 Å². The van der Waals surface area contributed by atoms with Crippen molar-refractivity contribution in [1.82, 2.24) is 9.55 Å². The Morgan fingerprint density at radius 3 is 2.85 bits per heavy atom. The zero-order valence-corrected chi connectivity index (χ0v) is 7.60. The fraction of sp³-hybridized carbons (Fsp3) is 0.500. The zero-order chi connectivity index (χ0) is 9.90. The first-order valence-corrected chi connectivity index (χ1v) is 3.82. The maximum absolute atomic E-state index is 11.0. The number of rotatable bonds is 4. The number of carboxylic acid groups (broad SMARTS) is 1. The van der Waals surface area contributed by atoms with Crippen molar-refractivity contribution in [2.45, 2.75) is 12.5 Å². The van der Waals surface area contributed by atoms with Crippen molar-refractivity contribution in [3.05, 3.63) is 18.7 Å². The van der Waals surface area contributed by atoms with Gasteiger partial charge in [0.25, 0.3) is 0 Å². The van der Waals surface area contributed by atoms with Crippen LogP contribution in [0.1, 0.15) is 6.92 Å². The van der Waals surface area contributed by atoms with Crippen LogP contribution in [0.5, 0.6) is 0 Å². The van der Waals surface area contributed by atoms with Gasteiger partial charge in [0.2, 0.25) is 0 Å². The van der Waals surface area contributed by atoms with Crippen LogP contribution in [0.2, 0.25) is 0 Å². The second-order valence-corrected chi connectivity index (χ2v) is 2.98. The molecule has 1 unspecified atom stereocenters. The van der Waals surface area contributed by atoms with E-state index in [0.29, 0.717) is 0 Å². The van der Waals surface area contributed by atoms with Crippen LogP contribution in [0.3, 0.4) is 0 Å². The summed E-state index contributed by atoms with van der Waals surface area (Å²) in [6.07, 6.45) is 4.61. The molecule has 13 heavy (non-hydrogen) atoms. The number of ether oxygens (including phenoxy) is 1. The predicted octanol–water partition coefficient (Wildman–Crippen LogP) is 0.329. The van der Waals surface area contributed by atoms with Crippen LogP contribution in [0.25, 0.3) is 0 Å². The minimum atomic E-state index is -1.08. The Morgan fingerprint density at radius 1 is 1.77 bits per heavy atom. The quantitative estimate of drug-likeness (QED) is 0.732. The number of hydrogen-bond acceptors (Lipinski definition) is 3. The molecule has 1 aromatic rings. The molecule has 0 amide bonds. The lowest BCUT2D eigenvalue weighted by Gasteiger charge is -2.25. The molecule has 1 heterocycles. The van der Waals surface area contributed by atoms with Crippen LogP contribution in [0, 0.1) is 0 Å². The smallest absolute Gasteiger partial charge is 0.332 e. The van der Waals surface area contributed by atoms with E-state index < -0.39 is 11.5 Å². The predicted molar refractivity (Wildman–Crippen MR) is 45.4 cm³/mol. The van der Waals surface area contributed by atoms with Crippen molar-refractivity contribution < 1.29 is 14.6 Å². The Labute approximate surface area is 76.0 Å². The number of imidazole rings is 1. The summed E-state index contributed by atoms with van der Waals surface area (Å²) in [5, 5.41) is 9.01. The summed E-state index contributed by atoms with van der Waals surface area (Å²) in [5.74, 6) is -0.938. The van der Waals surface area contributed by atoms with Gasteiger partial charge in [-0.25, -0.2) is 9.78 Å². The summed E-state index contributed by atoms with van der Waals surface area (Å²) in [7, 11) is 1.47. The summed E-state index contributed by atoms with van der Waals surface area (Å²) in [5.41, 5.74) is -1.08. The lowest BCUT2D eigenvalue weighted by molar-refractivity contribution is -0.149. The van der Waals surface area contributed by atoms with Gasteiger partial charge in [0, 0.05) is 19.5 Å². The number of aliphatic carboxylic acids is 1. The van der Waals surface area contributed by atoms with Gasteiger partial charge in [-0.2, -0.15) is 0 Å². The van der Waals surface area contributed by atoms with Gasteiger partial charge in [0.1, 0.15) is 0 Å². The van der Waals surface area contributed by atoms with E-state index in [1.807, 2.05) is 0 Å². The SMILES string of the molecule is COCC(C)(C(=O)O)n1ccnc1. The van der Waals surface area contributed by atoms with Crippen molar-refractivity contribution in [3.63, 3.8) is 0 Å². The molecule has 5 heteroatoms. The lowest BCUT2D eigenvalue weighted by atomic mass is 10.0. The van der Waals surface area contributed by atoms with Gasteiger partial charge in [-0.3, -0.25) is 0 Å². The van der Waals surface area contributed by atoms with Gasteiger partial charge in [-0.05, 0) is 6.92 Å². The highest BCUT2D eigenvalue weighted by molar-refractivity contribution is 5.76. The molecule has 0 bridgehead atoms. The standard InChI is InChI=1S/C8H12N2O3/c1-8(5-13-2,7(11)12)10-4-3-9-6-10/h3-4,6H,5H2,1-2H3,(H,11,12). The Bertz CT molecular complexity index is 284. The number of carboxylic acids is 1. The van der Waals surface area contributed by atoms with Crippen LogP contribution < -0.4 is 0 Å². The van der Waals surface area contributed by atoms with Crippen molar-refractivity contribution in [3.8, 4) is 0 Å². The molecule has 1 aromatic heterocycles. The maximum atomic E-state index is 11.0. The highest BCUT2D eigenvalue weighted by atomic mass is 16.5. The molecule has 1 N–H and O–H groups in total. The first-order chi connectivity index (χ1) is 6.11. The zero-order valence-electron chi connectivity index (χ0n) is 7.60. The third kappa shape index (κ3) is 1.70. The van der Waals surface area contributed by atoms with E-state index in [4.69, 9.17) is 9.84 Å². The van der Waals surface area contributed by atoms with Crippen molar-refractivity contribution in [1.29, 1.82) is 0 Å².